The Morgan fingerprint density at radius 3 is 2.65 bits per heavy atom. The Morgan fingerprint density at radius 2 is 1.85 bits per heavy atom. The van der Waals surface area contributed by atoms with Gasteiger partial charge in [0.15, 0.2) is 5.78 Å². The van der Waals surface area contributed by atoms with Crippen LogP contribution in [0.4, 0.5) is 10.5 Å². The van der Waals surface area contributed by atoms with Crippen LogP contribution in [-0.2, 0) is 11.2 Å². The van der Waals surface area contributed by atoms with Crippen LogP contribution in [0.15, 0.2) is 54.6 Å². The first-order valence-electron chi connectivity index (χ1n) is 12.2. The number of piperazine rings is 1. The lowest BCUT2D eigenvalue weighted by atomic mass is 9.84. The van der Waals surface area contributed by atoms with E-state index < -0.39 is 0 Å². The molecule has 1 heterocycles. The molecule has 7 nitrogen and oxygen atoms in total. The molecule has 7 heteroatoms. The molecule has 3 N–H and O–H groups in total. The number of amides is 3. The maximum atomic E-state index is 12.7. The quantitative estimate of drug-likeness (QED) is 0.548. The second-order valence-corrected chi connectivity index (χ2v) is 9.53. The molecule has 2 aliphatic rings. The van der Waals surface area contributed by atoms with E-state index in [1.165, 1.54) is 12.5 Å². The molecule has 3 atom stereocenters. The number of Topliss-reactive ketones (excluding diaryl/α,β-unsaturated/α-hetero) is 1. The van der Waals surface area contributed by atoms with Gasteiger partial charge in [0, 0.05) is 36.4 Å². The summed E-state index contributed by atoms with van der Waals surface area (Å²) in [5, 5.41) is 9.16. The zero-order chi connectivity index (χ0) is 23.9. The number of ketones is 1. The summed E-state index contributed by atoms with van der Waals surface area (Å²) in [5.41, 5.74) is 2.40. The standard InChI is InChI=1S/C27H34N4O3/c1-19(32)21-11-7-12-23(15-21)29-27(34)30-25-13-6-5-10-22(25)16-31-17-24(28-26(33)18-31)14-20-8-3-2-4-9-20/h2-4,7-9,11-12,15,22,24-25H,5-6,10,13-14,16-18H2,1H3,(H,28,33)(H2,29,30,34)/t22-,24-,25+/m0/s1. The topological polar surface area (TPSA) is 90.5 Å². The van der Waals surface area contributed by atoms with Crippen molar-refractivity contribution in [2.75, 3.05) is 25.0 Å². The number of benzene rings is 2. The summed E-state index contributed by atoms with van der Waals surface area (Å²) in [5.74, 6) is 0.328. The number of urea groups is 1. The molecule has 4 rings (SSSR count). The third-order valence-corrected chi connectivity index (χ3v) is 6.78. The largest absolute Gasteiger partial charge is 0.351 e. The van der Waals surface area contributed by atoms with Crippen LogP contribution in [0.3, 0.4) is 0 Å². The zero-order valence-corrected chi connectivity index (χ0v) is 19.8. The third kappa shape index (κ3) is 6.67. The number of carbonyl (C=O) groups is 3. The van der Waals surface area contributed by atoms with Gasteiger partial charge in [-0.1, -0.05) is 55.3 Å². The summed E-state index contributed by atoms with van der Waals surface area (Å²) in [4.78, 5) is 39.0. The number of anilines is 1. The van der Waals surface area contributed by atoms with Crippen LogP contribution in [-0.4, -0.2) is 54.3 Å². The molecule has 1 aliphatic heterocycles. The maximum absolute atomic E-state index is 12.7. The first kappa shape index (κ1) is 24.0. The minimum atomic E-state index is -0.254. The van der Waals surface area contributed by atoms with Gasteiger partial charge in [0.05, 0.1) is 6.54 Å². The van der Waals surface area contributed by atoms with Crippen molar-refractivity contribution in [1.82, 2.24) is 15.5 Å². The average Bonchev–Trinajstić information content (AvgIpc) is 2.81. The van der Waals surface area contributed by atoms with Crippen molar-refractivity contribution >= 4 is 23.4 Å². The molecule has 0 spiro atoms. The molecule has 0 radical (unpaired) electrons. The lowest BCUT2D eigenvalue weighted by Gasteiger charge is -2.39. The lowest BCUT2D eigenvalue weighted by molar-refractivity contribution is -0.125. The molecule has 180 valence electrons. The van der Waals surface area contributed by atoms with Crippen LogP contribution in [0.2, 0.25) is 0 Å². The van der Waals surface area contributed by atoms with Gasteiger partial charge in [0.2, 0.25) is 5.91 Å². The fourth-order valence-electron chi connectivity index (χ4n) is 5.15. The van der Waals surface area contributed by atoms with E-state index in [1.54, 1.807) is 24.3 Å². The smallest absolute Gasteiger partial charge is 0.319 e. The highest BCUT2D eigenvalue weighted by Crippen LogP contribution is 2.26. The summed E-state index contributed by atoms with van der Waals surface area (Å²) in [6.45, 7) is 3.52. The summed E-state index contributed by atoms with van der Waals surface area (Å²) in [6, 6.07) is 17.1. The van der Waals surface area contributed by atoms with E-state index in [-0.39, 0.29) is 29.8 Å². The van der Waals surface area contributed by atoms with E-state index in [2.05, 4.69) is 33.0 Å². The molecular formula is C27H34N4O3. The van der Waals surface area contributed by atoms with Crippen LogP contribution in [0.1, 0.15) is 48.5 Å². The number of nitrogens with one attached hydrogen (secondary N) is 3. The molecule has 2 aromatic rings. The average molecular weight is 463 g/mol. The minimum absolute atomic E-state index is 0.0347. The Balaban J connectivity index is 1.34. The molecule has 2 fully saturated rings. The van der Waals surface area contributed by atoms with Gasteiger partial charge in [-0.3, -0.25) is 14.5 Å². The summed E-state index contributed by atoms with van der Waals surface area (Å²) in [6.07, 6.45) is 5.00. The second-order valence-electron chi connectivity index (χ2n) is 9.53. The van der Waals surface area contributed by atoms with Gasteiger partial charge in [-0.05, 0) is 49.8 Å². The summed E-state index contributed by atoms with van der Waals surface area (Å²) < 4.78 is 0. The van der Waals surface area contributed by atoms with Crippen LogP contribution < -0.4 is 16.0 Å². The molecule has 1 aliphatic carbocycles. The van der Waals surface area contributed by atoms with Gasteiger partial charge in [0.1, 0.15) is 0 Å². The number of nitrogens with zero attached hydrogens (tertiary/aromatic N) is 1. The maximum Gasteiger partial charge on any atom is 0.319 e. The normalized spacial score (nSPS) is 23.1. The van der Waals surface area contributed by atoms with Gasteiger partial charge in [-0.2, -0.15) is 0 Å². The number of carbonyl (C=O) groups excluding carboxylic acids is 3. The Bertz CT molecular complexity index is 1010. The molecule has 0 bridgehead atoms. The van der Waals surface area contributed by atoms with Crippen molar-refractivity contribution in [1.29, 1.82) is 0 Å². The van der Waals surface area contributed by atoms with Gasteiger partial charge in [-0.15, -0.1) is 0 Å². The Morgan fingerprint density at radius 1 is 1.06 bits per heavy atom. The summed E-state index contributed by atoms with van der Waals surface area (Å²) >= 11 is 0. The van der Waals surface area contributed by atoms with E-state index in [0.717, 1.165) is 45.2 Å². The van der Waals surface area contributed by atoms with Crippen molar-refractivity contribution in [2.45, 2.75) is 51.1 Å². The molecule has 0 aromatic heterocycles. The van der Waals surface area contributed by atoms with Crippen molar-refractivity contribution < 1.29 is 14.4 Å². The molecule has 0 unspecified atom stereocenters. The highest BCUT2D eigenvalue weighted by atomic mass is 16.2. The van der Waals surface area contributed by atoms with Crippen LogP contribution >= 0.6 is 0 Å². The number of hydrogen-bond acceptors (Lipinski definition) is 4. The highest BCUT2D eigenvalue weighted by molar-refractivity contribution is 5.96. The van der Waals surface area contributed by atoms with Crippen LogP contribution in [0, 0.1) is 5.92 Å². The minimum Gasteiger partial charge on any atom is -0.351 e. The number of hydrogen-bond donors (Lipinski definition) is 3. The van der Waals surface area contributed by atoms with E-state index in [0.29, 0.717) is 23.7 Å². The monoisotopic (exact) mass is 462 g/mol. The van der Waals surface area contributed by atoms with Crippen molar-refractivity contribution in [3.05, 3.63) is 65.7 Å². The van der Waals surface area contributed by atoms with Gasteiger partial charge in [-0.25, -0.2) is 4.79 Å². The lowest BCUT2D eigenvalue weighted by Crippen LogP contribution is -2.57. The molecular weight excluding hydrogens is 428 g/mol. The van der Waals surface area contributed by atoms with E-state index in [4.69, 9.17) is 0 Å². The molecule has 3 amide bonds. The van der Waals surface area contributed by atoms with Gasteiger partial charge < -0.3 is 16.0 Å². The Kier molecular flexibility index (Phi) is 7.95. The fourth-order valence-corrected chi connectivity index (χ4v) is 5.15. The SMILES string of the molecule is CC(=O)c1cccc(NC(=O)N[C@@H]2CCCC[C@H]2CN2CC(=O)N[C@@H](Cc3ccccc3)C2)c1. The Labute approximate surface area is 201 Å². The van der Waals surface area contributed by atoms with E-state index in [9.17, 15) is 14.4 Å². The van der Waals surface area contributed by atoms with Gasteiger partial charge in [0.25, 0.3) is 0 Å². The molecule has 1 saturated heterocycles. The molecule has 1 saturated carbocycles. The molecule has 2 aromatic carbocycles. The predicted octanol–water partition coefficient (Wildman–Crippen LogP) is 3.61. The first-order chi connectivity index (χ1) is 16.5. The van der Waals surface area contributed by atoms with Gasteiger partial charge >= 0.3 is 6.03 Å². The van der Waals surface area contributed by atoms with Crippen molar-refractivity contribution in [3.63, 3.8) is 0 Å². The van der Waals surface area contributed by atoms with E-state index >= 15 is 0 Å². The second kappa shape index (κ2) is 11.3. The van der Waals surface area contributed by atoms with E-state index in [1.807, 2.05) is 18.2 Å². The van der Waals surface area contributed by atoms with Crippen molar-refractivity contribution in [2.24, 2.45) is 5.92 Å². The zero-order valence-electron chi connectivity index (χ0n) is 19.8. The van der Waals surface area contributed by atoms with Crippen LogP contribution in [0.5, 0.6) is 0 Å². The third-order valence-electron chi connectivity index (χ3n) is 6.78. The van der Waals surface area contributed by atoms with Crippen LogP contribution in [0.25, 0.3) is 0 Å². The first-order valence-corrected chi connectivity index (χ1v) is 12.2. The van der Waals surface area contributed by atoms with Crippen molar-refractivity contribution in [3.8, 4) is 0 Å². The number of rotatable bonds is 7. The fraction of sp³-hybridized carbons (Fsp3) is 0.444. The molecule has 34 heavy (non-hydrogen) atoms. The Hall–Kier alpha value is -3.19. The summed E-state index contributed by atoms with van der Waals surface area (Å²) in [7, 11) is 0. The highest BCUT2D eigenvalue weighted by Gasteiger charge is 2.31. The predicted molar refractivity (Wildman–Crippen MR) is 133 cm³/mol.